The minimum Gasteiger partial charge on any atom is -0.368 e. The second-order valence-corrected chi connectivity index (χ2v) is 6.09. The molecule has 0 saturated carbocycles. The normalized spacial score (nSPS) is 22.3. The summed E-state index contributed by atoms with van der Waals surface area (Å²) >= 11 is 3.56. The number of nitrogens with one attached hydrogen (secondary N) is 1. The van der Waals surface area contributed by atoms with Gasteiger partial charge in [0, 0.05) is 24.1 Å². The van der Waals surface area contributed by atoms with Crippen molar-refractivity contribution in [3.05, 3.63) is 22.2 Å². The smallest absolute Gasteiger partial charge is 0.241 e. The zero-order valence-electron chi connectivity index (χ0n) is 11.2. The summed E-state index contributed by atoms with van der Waals surface area (Å²) in [6.07, 6.45) is 0. The summed E-state index contributed by atoms with van der Waals surface area (Å²) in [7, 11) is 0. The molecule has 0 radical (unpaired) electrons. The minimum atomic E-state index is 0.179. The van der Waals surface area contributed by atoms with Crippen LogP contribution in [-0.4, -0.2) is 38.1 Å². The first-order valence-corrected chi connectivity index (χ1v) is 7.49. The van der Waals surface area contributed by atoms with E-state index in [1.807, 2.05) is 4.90 Å². The summed E-state index contributed by atoms with van der Waals surface area (Å²) in [5.74, 6) is 0.179. The molecule has 2 heterocycles. The van der Waals surface area contributed by atoms with E-state index in [9.17, 15) is 4.79 Å². The quantitative estimate of drug-likeness (QED) is 0.857. The average molecular weight is 324 g/mol. The maximum atomic E-state index is 12.3. The van der Waals surface area contributed by atoms with Gasteiger partial charge in [-0.25, -0.2) is 0 Å². The lowest BCUT2D eigenvalue weighted by molar-refractivity contribution is -0.119. The van der Waals surface area contributed by atoms with Gasteiger partial charge in [-0.05, 0) is 31.5 Å². The Morgan fingerprint density at radius 2 is 2.26 bits per heavy atom. The van der Waals surface area contributed by atoms with Gasteiger partial charge in [0.05, 0.1) is 24.0 Å². The number of rotatable bonds is 1. The van der Waals surface area contributed by atoms with Gasteiger partial charge in [0.1, 0.15) is 0 Å². The summed E-state index contributed by atoms with van der Waals surface area (Å²) in [6.45, 7) is 7.41. The lowest BCUT2D eigenvalue weighted by Gasteiger charge is -2.46. The van der Waals surface area contributed by atoms with E-state index in [4.69, 9.17) is 0 Å². The molecule has 5 heteroatoms. The number of carbonyl (C=O) groups excluding carboxylic acids is 1. The molecule has 3 rings (SSSR count). The van der Waals surface area contributed by atoms with Gasteiger partial charge >= 0.3 is 0 Å². The molecule has 2 aliphatic heterocycles. The molecule has 0 bridgehead atoms. The Morgan fingerprint density at radius 1 is 1.47 bits per heavy atom. The van der Waals surface area contributed by atoms with Crippen molar-refractivity contribution in [1.82, 2.24) is 5.32 Å². The van der Waals surface area contributed by atoms with E-state index in [0.29, 0.717) is 6.54 Å². The van der Waals surface area contributed by atoms with E-state index in [0.717, 1.165) is 35.4 Å². The highest BCUT2D eigenvalue weighted by Crippen LogP contribution is 2.40. The number of hydrogen-bond acceptors (Lipinski definition) is 3. The number of likely N-dealkylation sites (N-methyl/N-ethyl adjacent to an activating group) is 1. The molecule has 1 atom stereocenters. The predicted molar refractivity (Wildman–Crippen MR) is 80.9 cm³/mol. The highest BCUT2D eigenvalue weighted by Gasteiger charge is 2.37. The van der Waals surface area contributed by atoms with Crippen molar-refractivity contribution in [2.75, 3.05) is 36.0 Å². The van der Waals surface area contributed by atoms with Crippen LogP contribution in [-0.2, 0) is 4.79 Å². The third-order valence-electron chi connectivity index (χ3n) is 3.93. The van der Waals surface area contributed by atoms with E-state index in [2.05, 4.69) is 52.1 Å². The van der Waals surface area contributed by atoms with Crippen LogP contribution >= 0.6 is 15.9 Å². The van der Waals surface area contributed by atoms with Gasteiger partial charge in [0.15, 0.2) is 0 Å². The summed E-state index contributed by atoms with van der Waals surface area (Å²) in [5, 5.41) is 3.21. The maximum absolute atomic E-state index is 12.3. The third-order valence-corrected chi connectivity index (χ3v) is 4.39. The summed E-state index contributed by atoms with van der Waals surface area (Å²) in [6, 6.07) is 4.45. The monoisotopic (exact) mass is 323 g/mol. The molecule has 0 spiro atoms. The van der Waals surface area contributed by atoms with E-state index in [1.165, 1.54) is 5.69 Å². The molecular formula is C14H18BrN3O. The first-order valence-electron chi connectivity index (χ1n) is 6.69. The van der Waals surface area contributed by atoms with Crippen LogP contribution in [0.25, 0.3) is 0 Å². The number of fused-ring (bicyclic) bond motifs is 3. The molecular weight excluding hydrogens is 306 g/mol. The second kappa shape index (κ2) is 4.80. The van der Waals surface area contributed by atoms with Crippen LogP contribution in [0.3, 0.4) is 0 Å². The number of nitrogens with zero attached hydrogens (tertiary/aromatic N) is 2. The molecule has 0 aromatic heterocycles. The molecule has 19 heavy (non-hydrogen) atoms. The Bertz CT molecular complexity index is 532. The van der Waals surface area contributed by atoms with E-state index in [1.54, 1.807) is 0 Å². The van der Waals surface area contributed by atoms with Crippen LogP contribution in [0.4, 0.5) is 11.4 Å². The Balaban J connectivity index is 2.17. The largest absolute Gasteiger partial charge is 0.368 e. The summed E-state index contributed by atoms with van der Waals surface area (Å²) in [5.41, 5.74) is 3.41. The molecule has 1 fully saturated rings. The minimum absolute atomic E-state index is 0.179. The molecule has 1 amide bonds. The lowest BCUT2D eigenvalue weighted by Crippen LogP contribution is -2.61. The Morgan fingerprint density at radius 3 is 3.00 bits per heavy atom. The highest BCUT2D eigenvalue weighted by atomic mass is 79.9. The van der Waals surface area contributed by atoms with Crippen molar-refractivity contribution in [2.24, 2.45) is 0 Å². The van der Waals surface area contributed by atoms with Crippen LogP contribution < -0.4 is 15.1 Å². The van der Waals surface area contributed by atoms with E-state index >= 15 is 0 Å². The Kier molecular flexibility index (Phi) is 3.27. The zero-order chi connectivity index (χ0) is 13.6. The van der Waals surface area contributed by atoms with Gasteiger partial charge in [-0.2, -0.15) is 0 Å². The van der Waals surface area contributed by atoms with Gasteiger partial charge in [0.25, 0.3) is 0 Å². The number of amides is 1. The van der Waals surface area contributed by atoms with E-state index in [-0.39, 0.29) is 11.9 Å². The second-order valence-electron chi connectivity index (χ2n) is 5.18. The summed E-state index contributed by atoms with van der Waals surface area (Å²) < 4.78 is 1.07. The van der Waals surface area contributed by atoms with Crippen LogP contribution in [0.15, 0.2) is 16.6 Å². The van der Waals surface area contributed by atoms with Crippen molar-refractivity contribution in [3.63, 3.8) is 0 Å². The standard InChI is InChI=1S/C14H18BrN3O/c1-3-17-8-11-6-16-7-13(19)18(11)14-9(2)4-10(15)5-12(14)17/h4-5,11,16H,3,6-8H2,1-2H3. The van der Waals surface area contributed by atoms with Gasteiger partial charge in [-0.15, -0.1) is 0 Å². The number of piperazine rings is 1. The van der Waals surface area contributed by atoms with E-state index < -0.39 is 0 Å². The van der Waals surface area contributed by atoms with Gasteiger partial charge in [-0.1, -0.05) is 15.9 Å². The topological polar surface area (TPSA) is 35.6 Å². The van der Waals surface area contributed by atoms with Crippen LogP contribution in [0.5, 0.6) is 0 Å². The lowest BCUT2D eigenvalue weighted by atomic mass is 10.0. The third kappa shape index (κ3) is 2.05. The number of benzene rings is 1. The summed E-state index contributed by atoms with van der Waals surface area (Å²) in [4.78, 5) is 16.6. The fourth-order valence-electron chi connectivity index (χ4n) is 3.10. The maximum Gasteiger partial charge on any atom is 0.241 e. The van der Waals surface area contributed by atoms with Crippen LogP contribution in [0, 0.1) is 6.92 Å². The zero-order valence-corrected chi connectivity index (χ0v) is 12.8. The van der Waals surface area contributed by atoms with Crippen molar-refractivity contribution in [1.29, 1.82) is 0 Å². The molecule has 1 N–H and O–H groups in total. The van der Waals surface area contributed by atoms with Gasteiger partial charge in [-0.3, -0.25) is 4.79 Å². The van der Waals surface area contributed by atoms with Crippen molar-refractivity contribution in [3.8, 4) is 0 Å². The molecule has 1 aromatic carbocycles. The van der Waals surface area contributed by atoms with Crippen LogP contribution in [0.1, 0.15) is 12.5 Å². The van der Waals surface area contributed by atoms with Crippen LogP contribution in [0.2, 0.25) is 0 Å². The molecule has 0 aliphatic carbocycles. The molecule has 1 aromatic rings. The number of hydrogen-bond donors (Lipinski definition) is 1. The number of anilines is 2. The first kappa shape index (κ1) is 12.9. The Hall–Kier alpha value is -1.07. The highest BCUT2D eigenvalue weighted by molar-refractivity contribution is 9.10. The van der Waals surface area contributed by atoms with Gasteiger partial charge < -0.3 is 15.1 Å². The average Bonchev–Trinajstić information content (AvgIpc) is 2.37. The number of aryl methyl sites for hydroxylation is 1. The fourth-order valence-corrected chi connectivity index (χ4v) is 3.66. The molecule has 2 aliphatic rings. The SMILES string of the molecule is CCN1CC2CNCC(=O)N2c2c(C)cc(Br)cc21. The predicted octanol–water partition coefficient (Wildman–Crippen LogP) is 1.90. The van der Waals surface area contributed by atoms with Crippen molar-refractivity contribution < 1.29 is 4.79 Å². The Labute approximate surface area is 121 Å². The molecule has 4 nitrogen and oxygen atoms in total. The van der Waals surface area contributed by atoms with Gasteiger partial charge in [0.2, 0.25) is 5.91 Å². The molecule has 102 valence electrons. The molecule has 1 unspecified atom stereocenters. The van der Waals surface area contributed by atoms with Crippen molar-refractivity contribution in [2.45, 2.75) is 19.9 Å². The van der Waals surface area contributed by atoms with Crippen molar-refractivity contribution >= 4 is 33.2 Å². The first-order chi connectivity index (χ1) is 9.11. The number of halogens is 1. The fraction of sp³-hybridized carbons (Fsp3) is 0.500. The number of carbonyl (C=O) groups is 1. The molecule has 1 saturated heterocycles.